The van der Waals surface area contributed by atoms with Crippen LogP contribution in [0.3, 0.4) is 0 Å². The number of aromatic hydroxyl groups is 3. The first-order chi connectivity index (χ1) is 19.4. The molecule has 2 aromatic heterocycles. The molecule has 4 aromatic carbocycles. The maximum absolute atomic E-state index is 13.4. The van der Waals surface area contributed by atoms with E-state index in [4.69, 9.17) is 8.83 Å². The van der Waals surface area contributed by atoms with E-state index in [-0.39, 0.29) is 50.1 Å². The molecule has 40 heavy (non-hydrogen) atoms. The molecule has 0 amide bonds. The minimum absolute atomic E-state index is 0.0136. The fourth-order valence-electron chi connectivity index (χ4n) is 4.71. The number of phenolic OH excluding ortho intramolecular Hbond substituents is 1. The fourth-order valence-corrected chi connectivity index (χ4v) is 4.71. The zero-order chi connectivity index (χ0) is 27.8. The Hall–Kier alpha value is -5.70. The lowest BCUT2D eigenvalue weighted by Gasteiger charge is -2.20. The van der Waals surface area contributed by atoms with E-state index in [0.717, 1.165) is 0 Å². The van der Waals surface area contributed by atoms with Gasteiger partial charge in [-0.2, -0.15) is 10.2 Å². The quantitative estimate of drug-likeness (QED) is 0.167. The molecule has 0 saturated carbocycles. The number of benzene rings is 4. The molecule has 0 aliphatic carbocycles. The summed E-state index contributed by atoms with van der Waals surface area (Å²) >= 11 is 0. The van der Waals surface area contributed by atoms with Crippen LogP contribution in [0.5, 0.6) is 17.2 Å². The van der Waals surface area contributed by atoms with E-state index in [1.165, 1.54) is 30.3 Å². The van der Waals surface area contributed by atoms with Crippen LogP contribution < -0.4 is 11.3 Å². The van der Waals surface area contributed by atoms with Gasteiger partial charge in [-0.05, 0) is 54.6 Å². The van der Waals surface area contributed by atoms with Crippen molar-refractivity contribution in [2.45, 2.75) is 5.92 Å². The monoisotopic (exact) mass is 532 g/mol. The van der Waals surface area contributed by atoms with Gasteiger partial charge < -0.3 is 24.2 Å². The third-order valence-electron chi connectivity index (χ3n) is 6.58. The number of phenols is 1. The van der Waals surface area contributed by atoms with Crippen LogP contribution in [0.25, 0.3) is 21.9 Å². The summed E-state index contributed by atoms with van der Waals surface area (Å²) in [5.74, 6) is -2.78. The highest BCUT2D eigenvalue weighted by Crippen LogP contribution is 2.45. The zero-order valence-corrected chi connectivity index (χ0v) is 20.7. The van der Waals surface area contributed by atoms with Gasteiger partial charge in [-0.1, -0.05) is 42.5 Å². The summed E-state index contributed by atoms with van der Waals surface area (Å²) in [6.07, 6.45) is 0. The summed E-state index contributed by atoms with van der Waals surface area (Å²) in [5, 5.41) is 42.5. The van der Waals surface area contributed by atoms with Crippen LogP contribution in [-0.4, -0.2) is 15.3 Å². The standard InChI is InChI=1S/C31H20N2O7/c34-22-15-14-18(33-32-17-8-2-1-3-9-17)16-21(22)25(26-28(35)19-10-4-6-12-23(19)39-30(26)37)27-29(36)20-11-5-7-13-24(20)40-31(27)38/h1-16,25,34-36H. The topological polar surface area (TPSA) is 146 Å². The lowest BCUT2D eigenvalue weighted by molar-refractivity contribution is 0.435. The molecule has 0 aliphatic rings. The molecule has 0 spiro atoms. The second kappa shape index (κ2) is 9.88. The molecule has 0 saturated heterocycles. The van der Waals surface area contributed by atoms with Gasteiger partial charge in [0.2, 0.25) is 0 Å². The van der Waals surface area contributed by atoms with E-state index in [9.17, 15) is 24.9 Å². The Morgan fingerprint density at radius 1 is 0.575 bits per heavy atom. The van der Waals surface area contributed by atoms with Crippen molar-refractivity contribution in [2.24, 2.45) is 10.2 Å². The van der Waals surface area contributed by atoms with Crippen LogP contribution >= 0.6 is 0 Å². The van der Waals surface area contributed by atoms with Crippen molar-refractivity contribution in [2.75, 3.05) is 0 Å². The third-order valence-corrected chi connectivity index (χ3v) is 6.58. The number of nitrogens with zero attached hydrogens (tertiary/aromatic N) is 2. The molecule has 9 heteroatoms. The highest BCUT2D eigenvalue weighted by atomic mass is 16.4. The number of azo groups is 1. The lowest BCUT2D eigenvalue weighted by atomic mass is 9.84. The van der Waals surface area contributed by atoms with Gasteiger partial charge in [0.25, 0.3) is 0 Å². The molecule has 0 atom stereocenters. The fraction of sp³-hybridized carbons (Fsp3) is 0.0323. The minimum Gasteiger partial charge on any atom is -0.508 e. The molecule has 0 aliphatic heterocycles. The van der Waals surface area contributed by atoms with Gasteiger partial charge in [0.15, 0.2) is 0 Å². The van der Waals surface area contributed by atoms with Crippen molar-refractivity contribution in [3.8, 4) is 17.2 Å². The normalized spacial score (nSPS) is 11.6. The molecule has 0 bridgehead atoms. The van der Waals surface area contributed by atoms with Crippen LogP contribution in [-0.2, 0) is 0 Å². The second-order valence-corrected chi connectivity index (χ2v) is 9.01. The summed E-state index contributed by atoms with van der Waals surface area (Å²) < 4.78 is 11.0. The smallest absolute Gasteiger partial charge is 0.344 e. The number of para-hydroxylation sites is 2. The molecule has 6 aromatic rings. The Morgan fingerprint density at radius 3 is 1.65 bits per heavy atom. The van der Waals surface area contributed by atoms with Crippen molar-refractivity contribution >= 4 is 33.3 Å². The van der Waals surface area contributed by atoms with Crippen molar-refractivity contribution < 1.29 is 24.2 Å². The molecule has 2 heterocycles. The lowest BCUT2D eigenvalue weighted by Crippen LogP contribution is -2.21. The van der Waals surface area contributed by atoms with E-state index in [0.29, 0.717) is 5.69 Å². The van der Waals surface area contributed by atoms with Crippen molar-refractivity contribution in [1.82, 2.24) is 0 Å². The van der Waals surface area contributed by atoms with Crippen molar-refractivity contribution in [1.29, 1.82) is 0 Å². The Morgan fingerprint density at radius 2 is 1.07 bits per heavy atom. The van der Waals surface area contributed by atoms with Crippen LogP contribution in [0.15, 0.2) is 126 Å². The van der Waals surface area contributed by atoms with Crippen LogP contribution in [0.1, 0.15) is 22.6 Å². The second-order valence-electron chi connectivity index (χ2n) is 9.01. The zero-order valence-electron chi connectivity index (χ0n) is 20.7. The SMILES string of the molecule is O=c1oc2ccccc2c(O)c1C(c1cc(N=Nc2ccccc2)ccc1O)c1c(O)c2ccccc2oc1=O. The molecule has 0 fully saturated rings. The predicted octanol–water partition coefficient (Wildman–Crippen LogP) is 6.61. The van der Waals surface area contributed by atoms with Gasteiger partial charge in [-0.15, -0.1) is 0 Å². The van der Waals surface area contributed by atoms with E-state index in [1.807, 2.05) is 6.07 Å². The molecule has 196 valence electrons. The van der Waals surface area contributed by atoms with E-state index in [1.54, 1.807) is 60.7 Å². The molecule has 0 radical (unpaired) electrons. The van der Waals surface area contributed by atoms with Gasteiger partial charge in [-0.3, -0.25) is 0 Å². The Balaban J connectivity index is 1.65. The van der Waals surface area contributed by atoms with E-state index < -0.39 is 28.7 Å². The molecule has 3 N–H and O–H groups in total. The van der Waals surface area contributed by atoms with Crippen LogP contribution in [0.4, 0.5) is 11.4 Å². The summed E-state index contributed by atoms with van der Waals surface area (Å²) in [4.78, 5) is 26.7. The molecule has 9 nitrogen and oxygen atoms in total. The highest BCUT2D eigenvalue weighted by molar-refractivity contribution is 5.87. The first-order valence-electron chi connectivity index (χ1n) is 12.2. The number of fused-ring (bicyclic) bond motifs is 2. The van der Waals surface area contributed by atoms with Gasteiger partial charge in [0.05, 0.1) is 39.2 Å². The molecular weight excluding hydrogens is 512 g/mol. The van der Waals surface area contributed by atoms with Crippen LogP contribution in [0, 0.1) is 0 Å². The van der Waals surface area contributed by atoms with Gasteiger partial charge in [0, 0.05) is 5.56 Å². The average molecular weight is 533 g/mol. The summed E-state index contributed by atoms with van der Waals surface area (Å²) in [6, 6.07) is 25.9. The minimum atomic E-state index is -1.51. The number of rotatable bonds is 5. The predicted molar refractivity (Wildman–Crippen MR) is 148 cm³/mol. The first-order valence-corrected chi connectivity index (χ1v) is 12.2. The van der Waals surface area contributed by atoms with E-state index in [2.05, 4.69) is 10.2 Å². The first kappa shape index (κ1) is 24.6. The van der Waals surface area contributed by atoms with Crippen molar-refractivity contribution in [3.63, 3.8) is 0 Å². The maximum Gasteiger partial charge on any atom is 0.344 e. The summed E-state index contributed by atoms with van der Waals surface area (Å²) in [7, 11) is 0. The summed E-state index contributed by atoms with van der Waals surface area (Å²) in [6.45, 7) is 0. The average Bonchev–Trinajstić information content (AvgIpc) is 2.96. The number of hydrogen-bond acceptors (Lipinski definition) is 9. The molecule has 6 rings (SSSR count). The maximum atomic E-state index is 13.4. The molecule has 0 unspecified atom stereocenters. The number of hydrogen-bond donors (Lipinski definition) is 3. The van der Waals surface area contributed by atoms with Gasteiger partial charge >= 0.3 is 11.3 Å². The van der Waals surface area contributed by atoms with Gasteiger partial charge in [-0.25, -0.2) is 9.59 Å². The Labute approximate surface area is 225 Å². The summed E-state index contributed by atoms with van der Waals surface area (Å²) in [5.41, 5.74) is -1.60. The third kappa shape index (κ3) is 4.25. The van der Waals surface area contributed by atoms with E-state index >= 15 is 0 Å². The van der Waals surface area contributed by atoms with Crippen molar-refractivity contribution in [3.05, 3.63) is 135 Å². The van der Waals surface area contributed by atoms with Gasteiger partial charge in [0.1, 0.15) is 28.4 Å². The Kier molecular flexibility index (Phi) is 6.08. The molecular formula is C31H20N2O7. The highest BCUT2D eigenvalue weighted by Gasteiger charge is 2.34. The Bertz CT molecular complexity index is 1950. The largest absolute Gasteiger partial charge is 0.508 e. The van der Waals surface area contributed by atoms with Crippen LogP contribution in [0.2, 0.25) is 0 Å².